The van der Waals surface area contributed by atoms with Gasteiger partial charge in [-0.15, -0.1) is 0 Å². The average molecular weight is 547 g/mol. The maximum absolute atomic E-state index is 14.9. The number of fused-ring (bicyclic) bond motifs is 1. The van der Waals surface area contributed by atoms with Gasteiger partial charge in [-0.1, -0.05) is 18.2 Å². The van der Waals surface area contributed by atoms with Crippen molar-refractivity contribution in [2.75, 3.05) is 58.0 Å². The smallest absolute Gasteiger partial charge is 0.266 e. The average Bonchev–Trinajstić information content (AvgIpc) is 3.43. The minimum Gasteiger partial charge on any atom is -0.488 e. The Morgan fingerprint density at radius 3 is 2.62 bits per heavy atom. The highest BCUT2D eigenvalue weighted by atomic mass is 19.3. The van der Waals surface area contributed by atoms with Crippen LogP contribution in [0.25, 0.3) is 10.9 Å². The fraction of sp³-hybridized carbons (Fsp3) is 0.500. The van der Waals surface area contributed by atoms with Crippen LogP contribution in [-0.4, -0.2) is 73.6 Å². The molecule has 0 radical (unpaired) electrons. The predicted molar refractivity (Wildman–Crippen MR) is 140 cm³/mol. The van der Waals surface area contributed by atoms with Crippen molar-refractivity contribution in [2.24, 2.45) is 0 Å². The van der Waals surface area contributed by atoms with Crippen LogP contribution in [0, 0.1) is 12.7 Å². The zero-order valence-electron chi connectivity index (χ0n) is 22.1. The summed E-state index contributed by atoms with van der Waals surface area (Å²) in [6.07, 6.45) is -2.26. The number of benzene rings is 2. The molecule has 0 spiro atoms. The number of morpholine rings is 1. The van der Waals surface area contributed by atoms with Crippen LogP contribution < -0.4 is 14.8 Å². The largest absolute Gasteiger partial charge is 0.488 e. The third kappa shape index (κ3) is 6.54. The molecule has 0 aliphatic carbocycles. The summed E-state index contributed by atoms with van der Waals surface area (Å²) in [7, 11) is 0. The predicted octanol–water partition coefficient (Wildman–Crippen LogP) is 5.07. The summed E-state index contributed by atoms with van der Waals surface area (Å²) in [6.45, 7) is 8.95. The van der Waals surface area contributed by atoms with E-state index in [-0.39, 0.29) is 11.7 Å². The molecule has 2 aliphatic rings. The summed E-state index contributed by atoms with van der Waals surface area (Å²) in [5.74, 6) is 1.11. The van der Waals surface area contributed by atoms with Crippen molar-refractivity contribution in [1.29, 1.82) is 0 Å². The van der Waals surface area contributed by atoms with Gasteiger partial charge in [-0.2, -0.15) is 0 Å². The molecular formula is C28H33F3N4O4. The number of nitrogens with zero attached hydrogens (tertiary/aromatic N) is 3. The summed E-state index contributed by atoms with van der Waals surface area (Å²) in [5.41, 5.74) is 0.119. The molecular weight excluding hydrogens is 513 g/mol. The monoisotopic (exact) mass is 546 g/mol. The Balaban J connectivity index is 1.44. The van der Waals surface area contributed by atoms with Crippen molar-refractivity contribution in [3.63, 3.8) is 0 Å². The third-order valence-corrected chi connectivity index (χ3v) is 6.94. The zero-order chi connectivity index (χ0) is 27.4. The van der Waals surface area contributed by atoms with Crippen molar-refractivity contribution in [3.05, 3.63) is 53.1 Å². The third-order valence-electron chi connectivity index (χ3n) is 6.94. The first-order chi connectivity index (χ1) is 18.9. The second-order valence-corrected chi connectivity index (χ2v) is 9.76. The highest BCUT2D eigenvalue weighted by Crippen LogP contribution is 2.37. The Kier molecular flexibility index (Phi) is 8.69. The van der Waals surface area contributed by atoms with E-state index in [0.717, 1.165) is 32.1 Å². The molecule has 2 aliphatic heterocycles. The van der Waals surface area contributed by atoms with E-state index in [1.807, 2.05) is 12.1 Å². The summed E-state index contributed by atoms with van der Waals surface area (Å²) < 4.78 is 64.8. The maximum atomic E-state index is 14.9. The number of hydrogen-bond donors (Lipinski definition) is 1. The molecule has 2 aromatic carbocycles. The summed E-state index contributed by atoms with van der Waals surface area (Å²) in [6, 6.07) is 7.01. The number of aryl methyl sites for hydroxylation is 1. The summed E-state index contributed by atoms with van der Waals surface area (Å²) in [4.78, 5) is 11.4. The molecule has 0 amide bonds. The van der Waals surface area contributed by atoms with Gasteiger partial charge in [-0.3, -0.25) is 4.90 Å². The maximum Gasteiger partial charge on any atom is 0.266 e. The molecule has 8 nitrogen and oxygen atoms in total. The number of aromatic nitrogens is 2. The summed E-state index contributed by atoms with van der Waals surface area (Å²) in [5, 5.41) is 3.85. The first-order valence-corrected chi connectivity index (χ1v) is 13.2. The van der Waals surface area contributed by atoms with E-state index in [1.165, 1.54) is 12.1 Å². The Bertz CT molecular complexity index is 1280. The number of nitrogens with one attached hydrogen (secondary N) is 1. The lowest BCUT2D eigenvalue weighted by Gasteiger charge is -2.26. The molecule has 2 fully saturated rings. The minimum atomic E-state index is -2.90. The quantitative estimate of drug-likeness (QED) is 0.378. The van der Waals surface area contributed by atoms with Crippen LogP contribution in [0.2, 0.25) is 0 Å². The lowest BCUT2D eigenvalue weighted by atomic mass is 10.0. The first-order valence-electron chi connectivity index (χ1n) is 13.2. The SMILES string of the molecule is Cc1nc(NC(C)c2cccc(C(F)F)c2F)c2cc(O[C@H]3CCOC3)c(OCCN3CCOCC3)cc2n1. The Labute approximate surface area is 225 Å². The normalized spacial score (nSPS) is 19.0. The molecule has 2 saturated heterocycles. The number of halogens is 3. The van der Waals surface area contributed by atoms with Gasteiger partial charge in [0, 0.05) is 43.1 Å². The Morgan fingerprint density at radius 1 is 1.08 bits per heavy atom. The zero-order valence-corrected chi connectivity index (χ0v) is 22.1. The Morgan fingerprint density at radius 2 is 1.87 bits per heavy atom. The van der Waals surface area contributed by atoms with E-state index in [9.17, 15) is 13.2 Å². The molecule has 5 rings (SSSR count). The van der Waals surface area contributed by atoms with E-state index in [4.69, 9.17) is 18.9 Å². The van der Waals surface area contributed by atoms with Crippen molar-refractivity contribution in [1.82, 2.24) is 14.9 Å². The van der Waals surface area contributed by atoms with E-state index >= 15 is 0 Å². The van der Waals surface area contributed by atoms with Crippen LogP contribution in [0.5, 0.6) is 11.5 Å². The van der Waals surface area contributed by atoms with Crippen molar-refractivity contribution >= 4 is 16.7 Å². The highest BCUT2D eigenvalue weighted by Gasteiger charge is 2.23. The number of alkyl halides is 2. The number of ether oxygens (including phenoxy) is 4. The van der Waals surface area contributed by atoms with Gasteiger partial charge in [0.05, 0.1) is 43.5 Å². The van der Waals surface area contributed by atoms with Crippen LogP contribution in [0.1, 0.15) is 42.8 Å². The molecule has 1 N–H and O–H groups in total. The molecule has 0 saturated carbocycles. The molecule has 0 bridgehead atoms. The highest BCUT2D eigenvalue weighted by molar-refractivity contribution is 5.92. The van der Waals surface area contributed by atoms with E-state index in [1.54, 1.807) is 13.8 Å². The van der Waals surface area contributed by atoms with E-state index in [2.05, 4.69) is 20.2 Å². The topological polar surface area (TPSA) is 78.0 Å². The number of anilines is 1. The molecule has 39 heavy (non-hydrogen) atoms. The van der Waals surface area contributed by atoms with Crippen molar-refractivity contribution in [3.8, 4) is 11.5 Å². The van der Waals surface area contributed by atoms with Gasteiger partial charge in [0.1, 0.15) is 30.2 Å². The number of rotatable bonds is 10. The van der Waals surface area contributed by atoms with Gasteiger partial charge in [0.15, 0.2) is 11.5 Å². The van der Waals surface area contributed by atoms with Crippen LogP contribution in [-0.2, 0) is 9.47 Å². The van der Waals surface area contributed by atoms with Gasteiger partial charge in [0.2, 0.25) is 0 Å². The number of hydrogen-bond acceptors (Lipinski definition) is 8. The molecule has 11 heteroatoms. The molecule has 1 unspecified atom stereocenters. The fourth-order valence-electron chi connectivity index (χ4n) is 4.82. The Hall–Kier alpha value is -3.15. The summed E-state index contributed by atoms with van der Waals surface area (Å²) >= 11 is 0. The van der Waals surface area contributed by atoms with Gasteiger partial charge < -0.3 is 24.3 Å². The van der Waals surface area contributed by atoms with Crippen molar-refractivity contribution in [2.45, 2.75) is 38.8 Å². The molecule has 3 heterocycles. The molecule has 1 aromatic heterocycles. The minimum absolute atomic E-state index is 0.114. The van der Waals surface area contributed by atoms with Crippen LogP contribution in [0.4, 0.5) is 19.0 Å². The van der Waals surface area contributed by atoms with Gasteiger partial charge in [0.25, 0.3) is 6.43 Å². The van der Waals surface area contributed by atoms with Crippen molar-refractivity contribution < 1.29 is 32.1 Å². The van der Waals surface area contributed by atoms with Gasteiger partial charge >= 0.3 is 0 Å². The molecule has 2 atom stereocenters. The van der Waals surface area contributed by atoms with E-state index in [0.29, 0.717) is 67.1 Å². The second kappa shape index (κ2) is 12.4. The van der Waals surface area contributed by atoms with E-state index < -0.39 is 23.8 Å². The first kappa shape index (κ1) is 27.4. The van der Waals surface area contributed by atoms with Crippen LogP contribution in [0.3, 0.4) is 0 Å². The van der Waals surface area contributed by atoms with Gasteiger partial charge in [-0.05, 0) is 19.9 Å². The lowest BCUT2D eigenvalue weighted by molar-refractivity contribution is 0.0319. The van der Waals surface area contributed by atoms with Crippen LogP contribution >= 0.6 is 0 Å². The molecule has 210 valence electrons. The standard InChI is InChI=1S/C28H33F3N4O4/c1-17(20-4-3-5-21(26(20)29)27(30)31)32-28-22-14-25(39-19-6-10-37-16-19)24(15-23(22)33-18(2)34-28)38-13-9-35-7-11-36-12-8-35/h3-5,14-15,17,19,27H,6-13,16H2,1-2H3,(H,32,33,34)/t17?,19-/m0/s1. The van der Waals surface area contributed by atoms with Gasteiger partial charge in [-0.25, -0.2) is 23.1 Å². The fourth-order valence-corrected chi connectivity index (χ4v) is 4.82. The van der Waals surface area contributed by atoms with Crippen LogP contribution in [0.15, 0.2) is 30.3 Å². The second-order valence-electron chi connectivity index (χ2n) is 9.76. The lowest BCUT2D eigenvalue weighted by Crippen LogP contribution is -2.38. The molecule has 3 aromatic rings.